The molecule has 0 bridgehead atoms. The fourth-order valence-corrected chi connectivity index (χ4v) is 2.34. The van der Waals surface area contributed by atoms with Crippen molar-refractivity contribution in [1.29, 1.82) is 0 Å². The smallest absolute Gasteiger partial charge is 0.488 e. The van der Waals surface area contributed by atoms with E-state index in [4.69, 9.17) is 14.8 Å². The number of hydrogen-bond donors (Lipinski definition) is 2. The first-order valence-corrected chi connectivity index (χ1v) is 6.38. The van der Waals surface area contributed by atoms with Crippen molar-refractivity contribution >= 4 is 12.6 Å². The van der Waals surface area contributed by atoms with E-state index < -0.39 is 12.9 Å². The molecule has 3 nitrogen and oxygen atoms in total. The molecule has 1 fully saturated rings. The third-order valence-corrected chi connectivity index (χ3v) is 3.46. The van der Waals surface area contributed by atoms with Gasteiger partial charge < -0.3 is 14.8 Å². The molecule has 0 aromatic heterocycles. The van der Waals surface area contributed by atoms with Crippen LogP contribution in [0.4, 0.5) is 4.39 Å². The van der Waals surface area contributed by atoms with E-state index in [0.717, 1.165) is 37.7 Å². The average molecular weight is 252 g/mol. The highest BCUT2D eigenvalue weighted by Gasteiger charge is 2.20. The average Bonchev–Trinajstić information content (AvgIpc) is 2.31. The highest BCUT2D eigenvalue weighted by molar-refractivity contribution is 6.58. The van der Waals surface area contributed by atoms with Gasteiger partial charge in [0.2, 0.25) is 0 Å². The lowest BCUT2D eigenvalue weighted by molar-refractivity contribution is 0.135. The van der Waals surface area contributed by atoms with Gasteiger partial charge in [0.25, 0.3) is 0 Å². The van der Waals surface area contributed by atoms with E-state index in [2.05, 4.69) is 6.92 Å². The Labute approximate surface area is 107 Å². The van der Waals surface area contributed by atoms with Gasteiger partial charge >= 0.3 is 7.12 Å². The van der Waals surface area contributed by atoms with Crippen molar-refractivity contribution in [2.24, 2.45) is 5.92 Å². The summed E-state index contributed by atoms with van der Waals surface area (Å²) in [5.41, 5.74) is 0.120. The van der Waals surface area contributed by atoms with E-state index in [9.17, 15) is 4.39 Å². The second-order valence-corrected chi connectivity index (χ2v) is 5.09. The fourth-order valence-electron chi connectivity index (χ4n) is 2.34. The fraction of sp³-hybridized carbons (Fsp3) is 0.538. The zero-order valence-corrected chi connectivity index (χ0v) is 10.5. The molecule has 0 spiro atoms. The van der Waals surface area contributed by atoms with Crippen LogP contribution in [0.25, 0.3) is 0 Å². The van der Waals surface area contributed by atoms with E-state index in [1.165, 1.54) is 12.1 Å². The Bertz CT molecular complexity index is 403. The maximum Gasteiger partial charge on any atom is 0.488 e. The Balaban J connectivity index is 2.04. The van der Waals surface area contributed by atoms with E-state index in [0.29, 0.717) is 5.75 Å². The summed E-state index contributed by atoms with van der Waals surface area (Å²) in [6, 6.07) is 3.86. The molecule has 0 amide bonds. The molecule has 2 rings (SSSR count). The largest absolute Gasteiger partial charge is 0.490 e. The Morgan fingerprint density at radius 1 is 1.17 bits per heavy atom. The summed E-state index contributed by atoms with van der Waals surface area (Å²) in [5, 5.41) is 18.1. The Hall–Kier alpha value is -1.07. The topological polar surface area (TPSA) is 49.7 Å². The van der Waals surface area contributed by atoms with Crippen LogP contribution in [-0.2, 0) is 0 Å². The molecule has 1 aromatic carbocycles. The number of benzene rings is 1. The lowest BCUT2D eigenvalue weighted by Gasteiger charge is -2.27. The number of hydrogen-bond acceptors (Lipinski definition) is 3. The predicted molar refractivity (Wildman–Crippen MR) is 68.3 cm³/mol. The molecule has 5 heteroatoms. The summed E-state index contributed by atoms with van der Waals surface area (Å²) in [4.78, 5) is 0. The number of halogens is 1. The van der Waals surface area contributed by atoms with Gasteiger partial charge in [0.1, 0.15) is 11.6 Å². The summed E-state index contributed by atoms with van der Waals surface area (Å²) < 4.78 is 19.0. The van der Waals surface area contributed by atoms with Crippen molar-refractivity contribution in [3.8, 4) is 5.75 Å². The molecule has 1 aliphatic carbocycles. The van der Waals surface area contributed by atoms with Crippen LogP contribution in [0.3, 0.4) is 0 Å². The highest BCUT2D eigenvalue weighted by Crippen LogP contribution is 2.27. The van der Waals surface area contributed by atoms with E-state index in [1.807, 2.05) is 0 Å². The van der Waals surface area contributed by atoms with Crippen LogP contribution in [0.1, 0.15) is 32.6 Å². The minimum Gasteiger partial charge on any atom is -0.490 e. The van der Waals surface area contributed by atoms with Crippen molar-refractivity contribution in [2.75, 3.05) is 0 Å². The molecule has 1 saturated carbocycles. The van der Waals surface area contributed by atoms with Crippen molar-refractivity contribution in [1.82, 2.24) is 0 Å². The molecule has 0 atom stereocenters. The molecule has 0 heterocycles. The highest BCUT2D eigenvalue weighted by atomic mass is 19.1. The number of rotatable bonds is 3. The lowest BCUT2D eigenvalue weighted by atomic mass is 9.80. The maximum absolute atomic E-state index is 13.3. The summed E-state index contributed by atoms with van der Waals surface area (Å²) in [6.45, 7) is 2.22. The van der Waals surface area contributed by atoms with Gasteiger partial charge in [-0.2, -0.15) is 0 Å². The van der Waals surface area contributed by atoms with Gasteiger partial charge in [-0.25, -0.2) is 4.39 Å². The second-order valence-electron chi connectivity index (χ2n) is 5.09. The third kappa shape index (κ3) is 3.46. The predicted octanol–water partition coefficient (Wildman–Crippen LogP) is 1.46. The van der Waals surface area contributed by atoms with Crippen molar-refractivity contribution in [2.45, 2.75) is 38.7 Å². The maximum atomic E-state index is 13.3. The molecule has 98 valence electrons. The lowest BCUT2D eigenvalue weighted by Crippen LogP contribution is -2.31. The molecule has 1 aliphatic rings. The molecular weight excluding hydrogens is 234 g/mol. The first-order valence-electron chi connectivity index (χ1n) is 6.38. The zero-order valence-electron chi connectivity index (χ0n) is 10.5. The van der Waals surface area contributed by atoms with Gasteiger partial charge in [-0.1, -0.05) is 6.92 Å². The molecule has 0 saturated heterocycles. The summed E-state index contributed by atoms with van der Waals surface area (Å²) in [5.74, 6) is 0.588. The van der Waals surface area contributed by atoms with Crippen molar-refractivity contribution in [3.63, 3.8) is 0 Å². The van der Waals surface area contributed by atoms with E-state index in [-0.39, 0.29) is 11.6 Å². The molecule has 1 aromatic rings. The SMILES string of the molecule is CC1CCC(Oc2cc(F)cc(B(O)O)c2)CC1. The summed E-state index contributed by atoms with van der Waals surface area (Å²) in [6.07, 6.45) is 4.28. The van der Waals surface area contributed by atoms with Crippen LogP contribution in [0, 0.1) is 11.7 Å². The van der Waals surface area contributed by atoms with Gasteiger partial charge in [-0.05, 0) is 49.2 Å². The van der Waals surface area contributed by atoms with Crippen LogP contribution in [0.15, 0.2) is 18.2 Å². The summed E-state index contributed by atoms with van der Waals surface area (Å²) >= 11 is 0. The molecule has 0 aliphatic heterocycles. The molecule has 18 heavy (non-hydrogen) atoms. The van der Waals surface area contributed by atoms with Crippen LogP contribution in [-0.4, -0.2) is 23.3 Å². The monoisotopic (exact) mass is 252 g/mol. The Morgan fingerprint density at radius 2 is 1.83 bits per heavy atom. The van der Waals surface area contributed by atoms with Gasteiger partial charge in [-0.15, -0.1) is 0 Å². The second kappa shape index (κ2) is 5.72. The molecular formula is C13H18BFO3. The first-order chi connectivity index (χ1) is 8.54. The van der Waals surface area contributed by atoms with E-state index >= 15 is 0 Å². The molecule has 2 N–H and O–H groups in total. The Morgan fingerprint density at radius 3 is 2.44 bits per heavy atom. The normalized spacial score (nSPS) is 23.8. The van der Waals surface area contributed by atoms with Crippen LogP contribution >= 0.6 is 0 Å². The zero-order chi connectivity index (χ0) is 13.1. The van der Waals surface area contributed by atoms with Crippen molar-refractivity contribution < 1.29 is 19.2 Å². The van der Waals surface area contributed by atoms with Gasteiger partial charge in [-0.3, -0.25) is 0 Å². The van der Waals surface area contributed by atoms with Crippen LogP contribution in [0.2, 0.25) is 0 Å². The van der Waals surface area contributed by atoms with Gasteiger partial charge in [0.15, 0.2) is 0 Å². The number of ether oxygens (including phenoxy) is 1. The third-order valence-electron chi connectivity index (χ3n) is 3.46. The quantitative estimate of drug-likeness (QED) is 0.801. The molecule has 0 radical (unpaired) electrons. The van der Waals surface area contributed by atoms with Gasteiger partial charge in [0.05, 0.1) is 6.10 Å². The van der Waals surface area contributed by atoms with Crippen molar-refractivity contribution in [3.05, 3.63) is 24.0 Å². The van der Waals surface area contributed by atoms with Gasteiger partial charge in [0, 0.05) is 6.07 Å². The minimum absolute atomic E-state index is 0.103. The molecule has 0 unspecified atom stereocenters. The standard InChI is InChI=1S/C13H18BFO3/c1-9-2-4-12(5-3-9)18-13-7-10(14(16)17)6-11(15)8-13/h6-9,12,16-17H,2-5H2,1H3. The summed E-state index contributed by atoms with van der Waals surface area (Å²) in [7, 11) is -1.67. The van der Waals surface area contributed by atoms with Crippen LogP contribution < -0.4 is 10.2 Å². The van der Waals surface area contributed by atoms with E-state index in [1.54, 1.807) is 0 Å². The Kier molecular flexibility index (Phi) is 4.25. The van der Waals surface area contributed by atoms with Crippen LogP contribution in [0.5, 0.6) is 5.75 Å². The minimum atomic E-state index is -1.67. The first kappa shape index (κ1) is 13.4.